The Balaban J connectivity index is 1.78. The molecule has 1 aromatic carbocycles. The third kappa shape index (κ3) is 2.46. The molecule has 1 saturated carbocycles. The van der Waals surface area contributed by atoms with Gasteiger partial charge in [-0.2, -0.15) is 0 Å². The average Bonchev–Trinajstić information content (AvgIpc) is 2.86. The molecule has 1 aliphatic carbocycles. The SMILES string of the molecule is C=C1CCC(NC(=O)c2coc3ccccc23)C(Cl)C1. The standard InChI is InChI=1S/C16H16ClNO2/c1-10-6-7-14(13(17)8-10)18-16(19)12-9-20-15-5-3-2-4-11(12)15/h2-5,9,13-14H,1,6-8H2,(H,18,19). The highest BCUT2D eigenvalue weighted by molar-refractivity contribution is 6.21. The van der Waals surface area contributed by atoms with E-state index in [1.807, 2.05) is 24.3 Å². The lowest BCUT2D eigenvalue weighted by molar-refractivity contribution is 0.0932. The first-order valence-corrected chi connectivity index (χ1v) is 7.16. The van der Waals surface area contributed by atoms with Gasteiger partial charge >= 0.3 is 0 Å². The van der Waals surface area contributed by atoms with Crippen molar-refractivity contribution in [2.45, 2.75) is 30.7 Å². The maximum absolute atomic E-state index is 12.4. The van der Waals surface area contributed by atoms with Gasteiger partial charge in [-0.1, -0.05) is 30.4 Å². The van der Waals surface area contributed by atoms with Crippen LogP contribution in [0, 0.1) is 0 Å². The minimum absolute atomic E-state index is 0.0108. The van der Waals surface area contributed by atoms with E-state index < -0.39 is 0 Å². The zero-order valence-corrected chi connectivity index (χ0v) is 11.8. The minimum atomic E-state index is -0.127. The van der Waals surface area contributed by atoms with Gasteiger partial charge < -0.3 is 9.73 Å². The van der Waals surface area contributed by atoms with Crippen molar-refractivity contribution in [1.82, 2.24) is 5.32 Å². The average molecular weight is 290 g/mol. The molecule has 0 radical (unpaired) electrons. The number of benzene rings is 1. The quantitative estimate of drug-likeness (QED) is 0.673. The largest absolute Gasteiger partial charge is 0.463 e. The van der Waals surface area contributed by atoms with Crippen LogP contribution in [0.1, 0.15) is 29.6 Å². The number of para-hydroxylation sites is 1. The lowest BCUT2D eigenvalue weighted by Crippen LogP contribution is -2.43. The topological polar surface area (TPSA) is 42.2 Å². The van der Waals surface area contributed by atoms with Crippen molar-refractivity contribution < 1.29 is 9.21 Å². The molecule has 0 saturated heterocycles. The molecule has 20 heavy (non-hydrogen) atoms. The van der Waals surface area contributed by atoms with Crippen LogP contribution in [0.15, 0.2) is 47.1 Å². The fraction of sp³-hybridized carbons (Fsp3) is 0.312. The molecule has 2 unspecified atom stereocenters. The van der Waals surface area contributed by atoms with Crippen molar-refractivity contribution in [1.29, 1.82) is 0 Å². The number of carbonyl (C=O) groups excluding carboxylic acids is 1. The van der Waals surface area contributed by atoms with Gasteiger partial charge in [0.05, 0.1) is 10.9 Å². The summed E-state index contributed by atoms with van der Waals surface area (Å²) in [4.78, 5) is 12.4. The Morgan fingerprint density at radius 1 is 1.40 bits per heavy atom. The van der Waals surface area contributed by atoms with Crippen molar-refractivity contribution in [2.75, 3.05) is 0 Å². The van der Waals surface area contributed by atoms with E-state index in [2.05, 4.69) is 11.9 Å². The zero-order chi connectivity index (χ0) is 14.1. The van der Waals surface area contributed by atoms with Crippen molar-refractivity contribution in [3.05, 3.63) is 48.2 Å². The summed E-state index contributed by atoms with van der Waals surface area (Å²) in [5.74, 6) is -0.127. The first-order chi connectivity index (χ1) is 9.65. The van der Waals surface area contributed by atoms with Gasteiger partial charge in [-0.05, 0) is 25.3 Å². The van der Waals surface area contributed by atoms with Crippen LogP contribution in [-0.4, -0.2) is 17.3 Å². The van der Waals surface area contributed by atoms with Gasteiger partial charge in [0, 0.05) is 11.4 Å². The molecule has 1 fully saturated rings. The van der Waals surface area contributed by atoms with Gasteiger partial charge in [0.1, 0.15) is 11.8 Å². The molecule has 1 amide bonds. The van der Waals surface area contributed by atoms with Crippen LogP contribution in [-0.2, 0) is 0 Å². The Morgan fingerprint density at radius 2 is 2.20 bits per heavy atom. The molecule has 1 aliphatic rings. The normalized spacial score (nSPS) is 22.9. The molecule has 1 N–H and O–H groups in total. The van der Waals surface area contributed by atoms with Crippen molar-refractivity contribution in [3.63, 3.8) is 0 Å². The summed E-state index contributed by atoms with van der Waals surface area (Å²) in [6, 6.07) is 7.50. The maximum Gasteiger partial charge on any atom is 0.255 e. The van der Waals surface area contributed by atoms with E-state index in [0.717, 1.165) is 35.8 Å². The molecule has 104 valence electrons. The molecule has 0 aliphatic heterocycles. The third-order valence-corrected chi connectivity index (χ3v) is 4.23. The smallest absolute Gasteiger partial charge is 0.255 e. The fourth-order valence-corrected chi connectivity index (χ4v) is 3.03. The Morgan fingerprint density at radius 3 is 3.00 bits per heavy atom. The van der Waals surface area contributed by atoms with Crippen LogP contribution in [0.4, 0.5) is 0 Å². The van der Waals surface area contributed by atoms with E-state index in [4.69, 9.17) is 16.0 Å². The molecule has 0 spiro atoms. The number of nitrogens with one attached hydrogen (secondary N) is 1. The van der Waals surface area contributed by atoms with Gasteiger partial charge in [0.15, 0.2) is 0 Å². The van der Waals surface area contributed by atoms with E-state index in [9.17, 15) is 4.79 Å². The molecular formula is C16H16ClNO2. The summed E-state index contributed by atoms with van der Waals surface area (Å²) in [5, 5.41) is 3.76. The highest BCUT2D eigenvalue weighted by atomic mass is 35.5. The summed E-state index contributed by atoms with van der Waals surface area (Å²) < 4.78 is 5.40. The zero-order valence-electron chi connectivity index (χ0n) is 11.1. The molecule has 1 heterocycles. The molecule has 2 atom stereocenters. The Hall–Kier alpha value is -1.74. The number of amides is 1. The third-order valence-electron chi connectivity index (χ3n) is 3.77. The summed E-state index contributed by atoms with van der Waals surface area (Å²) >= 11 is 6.30. The fourth-order valence-electron chi connectivity index (χ4n) is 2.62. The van der Waals surface area contributed by atoms with Crippen molar-refractivity contribution >= 4 is 28.5 Å². The van der Waals surface area contributed by atoms with Gasteiger partial charge in [-0.15, -0.1) is 11.6 Å². The predicted molar refractivity (Wildman–Crippen MR) is 80.1 cm³/mol. The first kappa shape index (κ1) is 13.3. The molecule has 0 bridgehead atoms. The van der Waals surface area contributed by atoms with E-state index in [0.29, 0.717) is 5.56 Å². The van der Waals surface area contributed by atoms with Gasteiger partial charge in [0.25, 0.3) is 5.91 Å². The molecule has 2 aromatic rings. The number of alkyl halides is 1. The van der Waals surface area contributed by atoms with Crippen molar-refractivity contribution in [2.24, 2.45) is 0 Å². The number of allylic oxidation sites excluding steroid dienone is 1. The Labute approximate surface area is 122 Å². The van der Waals surface area contributed by atoms with Gasteiger partial charge in [-0.25, -0.2) is 0 Å². The molecule has 1 aromatic heterocycles. The van der Waals surface area contributed by atoms with E-state index >= 15 is 0 Å². The van der Waals surface area contributed by atoms with Crippen LogP contribution in [0.2, 0.25) is 0 Å². The second kappa shape index (κ2) is 5.33. The van der Waals surface area contributed by atoms with E-state index in [-0.39, 0.29) is 17.3 Å². The van der Waals surface area contributed by atoms with Crippen LogP contribution < -0.4 is 5.32 Å². The minimum Gasteiger partial charge on any atom is -0.463 e. The van der Waals surface area contributed by atoms with Gasteiger partial charge in [0.2, 0.25) is 0 Å². The first-order valence-electron chi connectivity index (χ1n) is 6.73. The number of rotatable bonds is 2. The van der Waals surface area contributed by atoms with E-state index in [1.165, 1.54) is 6.26 Å². The molecular weight excluding hydrogens is 274 g/mol. The highest BCUT2D eigenvalue weighted by Gasteiger charge is 2.27. The summed E-state index contributed by atoms with van der Waals surface area (Å²) in [5.41, 5.74) is 2.44. The summed E-state index contributed by atoms with van der Waals surface area (Å²) in [7, 11) is 0. The number of fused-ring (bicyclic) bond motifs is 1. The number of hydrogen-bond donors (Lipinski definition) is 1. The van der Waals surface area contributed by atoms with Gasteiger partial charge in [-0.3, -0.25) is 4.79 Å². The predicted octanol–water partition coefficient (Wildman–Crippen LogP) is 3.88. The highest BCUT2D eigenvalue weighted by Crippen LogP contribution is 2.27. The lowest BCUT2D eigenvalue weighted by atomic mass is 9.91. The monoisotopic (exact) mass is 289 g/mol. The maximum atomic E-state index is 12.4. The molecule has 3 rings (SSSR count). The van der Waals surface area contributed by atoms with Crippen LogP contribution >= 0.6 is 11.6 Å². The lowest BCUT2D eigenvalue weighted by Gasteiger charge is -2.29. The number of carbonyl (C=O) groups is 1. The second-order valence-electron chi connectivity index (χ2n) is 5.23. The van der Waals surface area contributed by atoms with Crippen LogP contribution in [0.3, 0.4) is 0 Å². The molecule has 3 nitrogen and oxygen atoms in total. The number of halogens is 1. The Bertz CT molecular complexity index is 661. The van der Waals surface area contributed by atoms with E-state index in [1.54, 1.807) is 0 Å². The molecule has 4 heteroatoms. The summed E-state index contributed by atoms with van der Waals surface area (Å²) in [6.07, 6.45) is 4.03. The van der Waals surface area contributed by atoms with Crippen LogP contribution in [0.25, 0.3) is 11.0 Å². The summed E-state index contributed by atoms with van der Waals surface area (Å²) in [6.45, 7) is 3.96. The number of hydrogen-bond acceptors (Lipinski definition) is 2. The number of furan rings is 1. The van der Waals surface area contributed by atoms with Crippen LogP contribution in [0.5, 0.6) is 0 Å². The van der Waals surface area contributed by atoms with Crippen molar-refractivity contribution in [3.8, 4) is 0 Å². The second-order valence-corrected chi connectivity index (χ2v) is 5.79. The Kier molecular flexibility index (Phi) is 3.53.